The van der Waals surface area contributed by atoms with Gasteiger partial charge in [0.1, 0.15) is 5.75 Å². The van der Waals surface area contributed by atoms with E-state index in [1.807, 2.05) is 40.9 Å². The lowest BCUT2D eigenvalue weighted by Gasteiger charge is -2.14. The molecular formula is C23H24N2O4. The third kappa shape index (κ3) is 3.49. The fraction of sp³-hybridized carbons (Fsp3) is 0.217. The lowest BCUT2D eigenvalue weighted by Crippen LogP contribution is -2.16. The quantitative estimate of drug-likeness (QED) is 0.653. The minimum atomic E-state index is -0.470. The molecule has 0 saturated heterocycles. The highest BCUT2D eigenvalue weighted by Gasteiger charge is 2.28. The molecule has 1 aliphatic carbocycles. The van der Waals surface area contributed by atoms with Crippen LogP contribution in [0, 0.1) is 0 Å². The molecule has 1 amide bonds. The van der Waals surface area contributed by atoms with Crippen LogP contribution in [0.3, 0.4) is 0 Å². The van der Waals surface area contributed by atoms with E-state index in [-0.39, 0.29) is 8.03 Å². The predicted octanol–water partition coefficient (Wildman–Crippen LogP) is 3.14. The maximum atomic E-state index is 12.2. The van der Waals surface area contributed by atoms with Crippen LogP contribution in [0.1, 0.15) is 30.2 Å². The Morgan fingerprint density at radius 1 is 1.17 bits per heavy atom. The number of hydrogen-bond acceptors (Lipinski definition) is 4. The Morgan fingerprint density at radius 3 is 2.69 bits per heavy atom. The number of nitrogens with two attached hydrogens (primary N) is 1. The maximum Gasteiger partial charge on any atom is 0.343 e. The number of hydrogen-bond donors (Lipinski definition) is 1. The molecule has 0 unspecified atom stereocenters. The van der Waals surface area contributed by atoms with E-state index >= 15 is 0 Å². The molecule has 150 valence electrons. The Morgan fingerprint density at radius 2 is 1.97 bits per heavy atom. The molecule has 1 aromatic carbocycles. The van der Waals surface area contributed by atoms with Gasteiger partial charge >= 0.3 is 5.97 Å². The van der Waals surface area contributed by atoms with Crippen molar-refractivity contribution >= 4 is 23.0 Å². The Hall–Kier alpha value is -3.54. The van der Waals surface area contributed by atoms with Crippen LogP contribution >= 0.6 is 0 Å². The van der Waals surface area contributed by atoms with E-state index in [1.165, 1.54) is 12.7 Å². The van der Waals surface area contributed by atoms with Crippen LogP contribution in [0.4, 0.5) is 0 Å². The predicted molar refractivity (Wildman–Crippen MR) is 112 cm³/mol. The molecule has 0 radical (unpaired) electrons. The summed E-state index contributed by atoms with van der Waals surface area (Å²) < 4.78 is 12.5. The van der Waals surface area contributed by atoms with Crippen molar-refractivity contribution in [2.45, 2.75) is 19.3 Å². The van der Waals surface area contributed by atoms with Crippen molar-refractivity contribution in [3.8, 4) is 5.75 Å². The average Bonchev–Trinajstić information content (AvgIpc) is 3.07. The van der Waals surface area contributed by atoms with Gasteiger partial charge in [-0.15, -0.1) is 0 Å². The number of rotatable bonds is 6. The van der Waals surface area contributed by atoms with Crippen LogP contribution in [0.2, 0.25) is 0 Å². The summed E-state index contributed by atoms with van der Waals surface area (Å²) in [6.07, 6.45) is 6.11. The summed E-state index contributed by atoms with van der Waals surface area (Å²) in [4.78, 5) is 23.8. The zero-order valence-corrected chi connectivity index (χ0v) is 16.2. The third-order valence-electron chi connectivity index (χ3n) is 5.20. The summed E-state index contributed by atoms with van der Waals surface area (Å²) >= 11 is 0. The second kappa shape index (κ2) is 7.83. The summed E-state index contributed by atoms with van der Waals surface area (Å²) in [6.45, 7) is -0.209. The first-order valence-electron chi connectivity index (χ1n) is 9.48. The summed E-state index contributed by atoms with van der Waals surface area (Å²) in [5.74, 6) is -0.419. The summed E-state index contributed by atoms with van der Waals surface area (Å²) in [6, 6.07) is 13.8. The van der Waals surface area contributed by atoms with Gasteiger partial charge in [0.25, 0.3) is 0 Å². The van der Waals surface area contributed by atoms with Crippen molar-refractivity contribution in [2.75, 3.05) is 13.7 Å². The van der Waals surface area contributed by atoms with Gasteiger partial charge in [-0.2, -0.15) is 0 Å². The SMILES string of the molecule is COC(=O)COc1cccn2c(Cc3ccccc3)c3c(c12)C(C(N)=O)=CCC3.[HH]. The van der Waals surface area contributed by atoms with E-state index in [9.17, 15) is 9.59 Å². The first-order valence-corrected chi connectivity index (χ1v) is 9.48. The Kier molecular flexibility index (Phi) is 5.08. The fourth-order valence-electron chi connectivity index (χ4n) is 3.93. The number of pyridine rings is 1. The average molecular weight is 392 g/mol. The van der Waals surface area contributed by atoms with Crippen molar-refractivity contribution in [1.82, 2.24) is 4.40 Å². The molecule has 4 rings (SSSR count). The van der Waals surface area contributed by atoms with Crippen molar-refractivity contribution in [3.63, 3.8) is 0 Å². The van der Waals surface area contributed by atoms with Crippen LogP contribution in [0.25, 0.3) is 11.1 Å². The molecule has 2 aromatic heterocycles. The van der Waals surface area contributed by atoms with E-state index < -0.39 is 11.9 Å². The molecule has 0 bridgehead atoms. The molecule has 2 N–H and O–H groups in total. The highest BCUT2D eigenvalue weighted by atomic mass is 16.6. The first kappa shape index (κ1) is 18.8. The van der Waals surface area contributed by atoms with E-state index in [4.69, 9.17) is 10.5 Å². The molecule has 1 aliphatic rings. The second-order valence-corrected chi connectivity index (χ2v) is 6.94. The summed E-state index contributed by atoms with van der Waals surface area (Å²) in [5, 5.41) is 0. The number of ether oxygens (including phenoxy) is 2. The number of aromatic nitrogens is 1. The largest absolute Gasteiger partial charge is 0.480 e. The Balaban J connectivity index is 0.00000256. The number of fused-ring (bicyclic) bond motifs is 3. The van der Waals surface area contributed by atoms with Gasteiger partial charge in [0.15, 0.2) is 6.61 Å². The van der Waals surface area contributed by atoms with E-state index in [0.717, 1.165) is 35.2 Å². The molecule has 29 heavy (non-hydrogen) atoms. The van der Waals surface area contributed by atoms with Crippen molar-refractivity contribution in [1.29, 1.82) is 0 Å². The van der Waals surface area contributed by atoms with E-state index in [1.54, 1.807) is 6.07 Å². The maximum absolute atomic E-state index is 12.2. The van der Waals surface area contributed by atoms with Crippen molar-refractivity contribution in [2.24, 2.45) is 5.73 Å². The molecule has 6 nitrogen and oxygen atoms in total. The zero-order chi connectivity index (χ0) is 20.4. The molecule has 6 heteroatoms. The third-order valence-corrected chi connectivity index (χ3v) is 5.20. The van der Waals surface area contributed by atoms with Crippen LogP contribution in [-0.4, -0.2) is 30.0 Å². The zero-order valence-electron chi connectivity index (χ0n) is 16.2. The van der Waals surface area contributed by atoms with Gasteiger partial charge in [-0.25, -0.2) is 4.79 Å². The molecule has 0 saturated carbocycles. The van der Waals surface area contributed by atoms with Gasteiger partial charge < -0.3 is 19.6 Å². The molecule has 3 aromatic rings. The Labute approximate surface area is 170 Å². The normalized spacial score (nSPS) is 12.9. The Bertz CT molecular complexity index is 1120. The van der Waals surface area contributed by atoms with Crippen LogP contribution in [0.5, 0.6) is 5.75 Å². The summed E-state index contributed by atoms with van der Waals surface area (Å²) in [5.41, 5.74) is 11.1. The van der Waals surface area contributed by atoms with Gasteiger partial charge in [0.05, 0.1) is 12.6 Å². The number of nitrogens with zero attached hydrogens (tertiary/aromatic N) is 1. The minimum absolute atomic E-state index is 0. The van der Waals surface area contributed by atoms with Gasteiger partial charge in [-0.3, -0.25) is 4.79 Å². The second-order valence-electron chi connectivity index (χ2n) is 6.94. The molecule has 0 fully saturated rings. The molecular weight excluding hydrogens is 368 g/mol. The number of amides is 1. The lowest BCUT2D eigenvalue weighted by atomic mass is 9.90. The van der Waals surface area contributed by atoms with Crippen molar-refractivity contribution in [3.05, 3.63) is 77.1 Å². The van der Waals surface area contributed by atoms with Crippen molar-refractivity contribution < 1.29 is 20.5 Å². The molecule has 0 spiro atoms. The van der Waals surface area contributed by atoms with Crippen LogP contribution in [0.15, 0.2) is 54.7 Å². The van der Waals surface area contributed by atoms with Gasteiger partial charge in [-0.1, -0.05) is 36.4 Å². The fourth-order valence-corrected chi connectivity index (χ4v) is 3.93. The molecule has 0 aliphatic heterocycles. The highest BCUT2D eigenvalue weighted by molar-refractivity contribution is 6.22. The smallest absolute Gasteiger partial charge is 0.343 e. The van der Waals surface area contributed by atoms with Crippen LogP contribution < -0.4 is 10.5 Å². The van der Waals surface area contributed by atoms with Gasteiger partial charge in [-0.05, 0) is 36.1 Å². The van der Waals surface area contributed by atoms with Crippen LogP contribution in [-0.2, 0) is 27.2 Å². The number of primary amides is 1. The van der Waals surface area contributed by atoms with E-state index in [2.05, 4.69) is 16.9 Å². The molecule has 2 heterocycles. The standard InChI is InChI=1S/C23H22N2O4.H2/c1-28-20(26)14-29-19-11-6-12-25-18(13-15-7-3-2-4-8-15)16-9-5-10-17(23(24)27)21(16)22(19)25;/h2-4,6-8,10-12H,5,9,13-14H2,1H3,(H2,24,27);1H. The summed E-state index contributed by atoms with van der Waals surface area (Å²) in [7, 11) is 1.32. The lowest BCUT2D eigenvalue weighted by molar-refractivity contribution is -0.142. The van der Waals surface area contributed by atoms with Gasteiger partial charge in [0, 0.05) is 30.9 Å². The number of carbonyl (C=O) groups is 2. The first-order chi connectivity index (χ1) is 14.1. The monoisotopic (exact) mass is 392 g/mol. The number of allylic oxidation sites excluding steroid dienone is 1. The number of benzene rings is 1. The highest BCUT2D eigenvalue weighted by Crippen LogP contribution is 2.39. The van der Waals surface area contributed by atoms with E-state index in [0.29, 0.717) is 17.7 Å². The van der Waals surface area contributed by atoms with Gasteiger partial charge in [0.2, 0.25) is 5.91 Å². The number of esters is 1. The topological polar surface area (TPSA) is 83.0 Å². The number of carbonyl (C=O) groups excluding carboxylic acids is 2. The number of methoxy groups -OCH3 is 1. The molecule has 0 atom stereocenters. The minimum Gasteiger partial charge on any atom is -0.480 e.